The third kappa shape index (κ3) is 8.89. The van der Waals surface area contributed by atoms with Gasteiger partial charge in [0.2, 0.25) is 11.8 Å². The van der Waals surface area contributed by atoms with E-state index >= 15 is 0 Å². The van der Waals surface area contributed by atoms with Gasteiger partial charge < -0.3 is 25.5 Å². The van der Waals surface area contributed by atoms with E-state index in [0.717, 1.165) is 16.5 Å². The van der Waals surface area contributed by atoms with Crippen molar-refractivity contribution in [2.45, 2.75) is 78.0 Å². The Balaban J connectivity index is 2.27. The Morgan fingerprint density at radius 3 is 2.05 bits per heavy atom. The summed E-state index contributed by atoms with van der Waals surface area (Å²) >= 11 is 0. The van der Waals surface area contributed by atoms with Gasteiger partial charge in [-0.25, -0.2) is 4.79 Å². The van der Waals surface area contributed by atoms with E-state index in [1.54, 1.807) is 6.20 Å². The number of aromatic amines is 1. The molecule has 37 heavy (non-hydrogen) atoms. The van der Waals surface area contributed by atoms with Crippen LogP contribution in [0.15, 0.2) is 30.5 Å². The number of amides is 2. The van der Waals surface area contributed by atoms with Crippen molar-refractivity contribution >= 4 is 34.7 Å². The molecular weight excluding hydrogens is 476 g/mol. The smallest absolute Gasteiger partial charge is 0.328 e. The Morgan fingerprint density at radius 2 is 1.46 bits per heavy atom. The Hall–Kier alpha value is -3.40. The van der Waals surface area contributed by atoms with Crippen molar-refractivity contribution < 1.29 is 29.0 Å². The van der Waals surface area contributed by atoms with Crippen LogP contribution in [0, 0.1) is 11.8 Å². The molecule has 4 atom stereocenters. The zero-order valence-corrected chi connectivity index (χ0v) is 22.5. The molecular formula is C27H40N4O6. The van der Waals surface area contributed by atoms with Crippen LogP contribution in [-0.4, -0.2) is 65.1 Å². The number of carboxylic acid groups (broad SMARTS) is 1. The predicted octanol–water partition coefficient (Wildman–Crippen LogP) is 2.38. The van der Waals surface area contributed by atoms with Crippen LogP contribution in [0.2, 0.25) is 0 Å². The minimum atomic E-state index is -1.09. The molecule has 0 saturated heterocycles. The number of ether oxygens (including phenoxy) is 1. The molecule has 0 spiro atoms. The van der Waals surface area contributed by atoms with Crippen LogP contribution >= 0.6 is 0 Å². The second-order valence-electron chi connectivity index (χ2n) is 10.2. The van der Waals surface area contributed by atoms with Crippen LogP contribution in [0.25, 0.3) is 10.9 Å². The normalized spacial score (nSPS) is 14.7. The van der Waals surface area contributed by atoms with Gasteiger partial charge in [0, 0.05) is 17.1 Å². The van der Waals surface area contributed by atoms with E-state index in [1.165, 1.54) is 14.0 Å². The second kappa shape index (κ2) is 13.8. The molecule has 10 heteroatoms. The topological polar surface area (TPSA) is 150 Å². The second-order valence-corrected chi connectivity index (χ2v) is 10.2. The average molecular weight is 517 g/mol. The molecule has 1 aromatic heterocycles. The fourth-order valence-electron chi connectivity index (χ4n) is 4.20. The van der Waals surface area contributed by atoms with Gasteiger partial charge in [0.05, 0.1) is 13.2 Å². The molecule has 1 aromatic carbocycles. The third-order valence-corrected chi connectivity index (χ3v) is 6.09. The van der Waals surface area contributed by atoms with Gasteiger partial charge in [-0.3, -0.25) is 19.7 Å². The Morgan fingerprint density at radius 1 is 0.892 bits per heavy atom. The largest absolute Gasteiger partial charge is 0.480 e. The molecule has 1 unspecified atom stereocenters. The summed E-state index contributed by atoms with van der Waals surface area (Å²) < 4.78 is 4.84. The average Bonchev–Trinajstić information content (AvgIpc) is 3.24. The van der Waals surface area contributed by atoms with E-state index in [2.05, 4.69) is 20.9 Å². The maximum atomic E-state index is 13.5. The van der Waals surface area contributed by atoms with Crippen LogP contribution in [0.3, 0.4) is 0 Å². The third-order valence-electron chi connectivity index (χ3n) is 6.09. The SMILES string of the molecule is COC(=O)[C@@H](CC(C)C)NC(=O)[C@H](CC(C)C)NC(=O)[C@H](Cc1c[nH]c2ccccc12)NC(C)C(=O)O. The van der Waals surface area contributed by atoms with Crippen LogP contribution < -0.4 is 16.0 Å². The number of hydrogen-bond donors (Lipinski definition) is 5. The van der Waals surface area contributed by atoms with Crippen molar-refractivity contribution in [2.75, 3.05) is 7.11 Å². The molecule has 1 heterocycles. The van der Waals surface area contributed by atoms with Crippen LogP contribution in [-0.2, 0) is 30.3 Å². The number of nitrogens with one attached hydrogen (secondary N) is 4. The summed E-state index contributed by atoms with van der Waals surface area (Å²) in [7, 11) is 1.26. The standard InChI is InChI=1S/C27H40N4O6/c1-15(2)11-21(24(32)31-23(12-16(3)4)27(36)37-6)30-25(33)22(29-17(5)26(34)35)13-18-14-28-20-10-8-7-9-19(18)20/h7-10,14-17,21-23,28-29H,11-13H2,1-6H3,(H,30,33)(H,31,32)(H,34,35)/t17?,21-,22-,23+/m0/s1. The maximum Gasteiger partial charge on any atom is 0.328 e. The molecule has 0 radical (unpaired) electrons. The van der Waals surface area contributed by atoms with E-state index in [4.69, 9.17) is 4.74 Å². The van der Waals surface area contributed by atoms with Crippen molar-refractivity contribution in [3.8, 4) is 0 Å². The Bertz CT molecular complexity index is 1080. The summed E-state index contributed by atoms with van der Waals surface area (Å²) in [6, 6.07) is 3.96. The first kappa shape index (κ1) is 29.8. The van der Waals surface area contributed by atoms with Gasteiger partial charge in [0.15, 0.2) is 0 Å². The lowest BCUT2D eigenvalue weighted by Gasteiger charge is -2.27. The quantitative estimate of drug-likeness (QED) is 0.242. The zero-order chi connectivity index (χ0) is 27.7. The van der Waals surface area contributed by atoms with Gasteiger partial charge in [-0.05, 0) is 49.7 Å². The molecule has 2 amide bonds. The first-order valence-corrected chi connectivity index (χ1v) is 12.6. The lowest BCUT2D eigenvalue weighted by atomic mass is 9.99. The van der Waals surface area contributed by atoms with Crippen molar-refractivity contribution in [3.05, 3.63) is 36.0 Å². The molecule has 0 saturated carbocycles. The molecule has 0 bridgehead atoms. The summed E-state index contributed by atoms with van der Waals surface area (Å²) in [5, 5.41) is 18.8. The fourth-order valence-corrected chi connectivity index (χ4v) is 4.20. The summed E-state index contributed by atoms with van der Waals surface area (Å²) in [6.07, 6.45) is 2.73. The molecule has 5 N–H and O–H groups in total. The number of H-pyrrole nitrogens is 1. The first-order valence-electron chi connectivity index (χ1n) is 12.6. The lowest BCUT2D eigenvalue weighted by Crippen LogP contribution is -2.57. The summed E-state index contributed by atoms with van der Waals surface area (Å²) in [5.74, 6) is -2.44. The maximum absolute atomic E-state index is 13.5. The van der Waals surface area contributed by atoms with Gasteiger partial charge in [-0.1, -0.05) is 45.9 Å². The molecule has 0 aliphatic rings. The van der Waals surface area contributed by atoms with E-state index in [-0.39, 0.29) is 18.3 Å². The Kier molecular flexibility index (Phi) is 11.1. The van der Waals surface area contributed by atoms with Crippen molar-refractivity contribution in [1.82, 2.24) is 20.9 Å². The van der Waals surface area contributed by atoms with E-state index in [9.17, 15) is 24.3 Å². The number of esters is 1. The first-order chi connectivity index (χ1) is 17.4. The van der Waals surface area contributed by atoms with Crippen molar-refractivity contribution in [2.24, 2.45) is 11.8 Å². The molecule has 2 rings (SSSR count). The van der Waals surface area contributed by atoms with Crippen LogP contribution in [0.4, 0.5) is 0 Å². The highest BCUT2D eigenvalue weighted by atomic mass is 16.5. The highest BCUT2D eigenvalue weighted by molar-refractivity contribution is 5.93. The number of carboxylic acids is 1. The molecule has 2 aromatic rings. The summed E-state index contributed by atoms with van der Waals surface area (Å²) in [5.41, 5.74) is 1.74. The molecule has 0 fully saturated rings. The van der Waals surface area contributed by atoms with Gasteiger partial charge in [0.1, 0.15) is 18.1 Å². The predicted molar refractivity (Wildman–Crippen MR) is 141 cm³/mol. The van der Waals surface area contributed by atoms with Gasteiger partial charge in [-0.2, -0.15) is 0 Å². The van der Waals surface area contributed by atoms with Gasteiger partial charge in [-0.15, -0.1) is 0 Å². The molecule has 204 valence electrons. The van der Waals surface area contributed by atoms with E-state index < -0.39 is 47.9 Å². The number of rotatable bonds is 14. The lowest BCUT2D eigenvalue weighted by molar-refractivity contribution is -0.146. The summed E-state index contributed by atoms with van der Waals surface area (Å²) in [6.45, 7) is 9.17. The monoisotopic (exact) mass is 516 g/mol. The fraction of sp³-hybridized carbons (Fsp3) is 0.556. The van der Waals surface area contributed by atoms with Crippen LogP contribution in [0.5, 0.6) is 0 Å². The number of carbonyl (C=O) groups is 4. The number of para-hydroxylation sites is 1. The Labute approximate surface area is 217 Å². The summed E-state index contributed by atoms with van der Waals surface area (Å²) in [4.78, 5) is 53.6. The van der Waals surface area contributed by atoms with Crippen molar-refractivity contribution in [3.63, 3.8) is 0 Å². The van der Waals surface area contributed by atoms with E-state index in [0.29, 0.717) is 12.8 Å². The minimum absolute atomic E-state index is 0.0655. The number of aliphatic carboxylic acids is 1. The van der Waals surface area contributed by atoms with E-state index in [1.807, 2.05) is 52.0 Å². The number of aromatic nitrogens is 1. The molecule has 0 aliphatic carbocycles. The number of benzene rings is 1. The minimum Gasteiger partial charge on any atom is -0.480 e. The highest BCUT2D eigenvalue weighted by Crippen LogP contribution is 2.19. The zero-order valence-electron chi connectivity index (χ0n) is 22.5. The molecule has 10 nitrogen and oxygen atoms in total. The number of methoxy groups -OCH3 is 1. The molecule has 0 aliphatic heterocycles. The van der Waals surface area contributed by atoms with Crippen molar-refractivity contribution in [1.29, 1.82) is 0 Å². The van der Waals surface area contributed by atoms with Gasteiger partial charge in [0.25, 0.3) is 0 Å². The van der Waals surface area contributed by atoms with Crippen LogP contribution in [0.1, 0.15) is 53.0 Å². The number of fused-ring (bicyclic) bond motifs is 1. The highest BCUT2D eigenvalue weighted by Gasteiger charge is 2.31. The number of carbonyl (C=O) groups excluding carboxylic acids is 3. The number of hydrogen-bond acceptors (Lipinski definition) is 6. The van der Waals surface area contributed by atoms with Gasteiger partial charge >= 0.3 is 11.9 Å².